The van der Waals surface area contributed by atoms with E-state index in [-0.39, 0.29) is 0 Å². The zero-order chi connectivity index (χ0) is 7.72. The number of rotatable bonds is 1. The average molecular weight is 172 g/mol. The second-order valence-electron chi connectivity index (χ2n) is 2.08. The number of nitrogens with one attached hydrogen (secondary N) is 2. The van der Waals surface area contributed by atoms with E-state index in [0.717, 1.165) is 16.3 Å². The second kappa shape index (κ2) is 2.64. The Kier molecular flexibility index (Phi) is 2.01. The third kappa shape index (κ3) is 1.33. The number of imidazole rings is 1. The van der Waals surface area contributed by atoms with E-state index >= 15 is 0 Å². The lowest BCUT2D eigenvalue weighted by atomic mass is 10.3. The van der Waals surface area contributed by atoms with Crippen LogP contribution in [0.5, 0.6) is 0 Å². The molecule has 0 aromatic carbocycles. The van der Waals surface area contributed by atoms with Crippen molar-refractivity contribution in [2.45, 2.75) is 11.9 Å². The van der Waals surface area contributed by atoms with Gasteiger partial charge in [0.2, 0.25) is 0 Å². The molecule has 0 fully saturated rings. The first kappa shape index (κ1) is 7.63. The molecule has 0 spiro atoms. The summed E-state index contributed by atoms with van der Waals surface area (Å²) in [7, 11) is 0. The van der Waals surface area contributed by atoms with Gasteiger partial charge in [0.05, 0.1) is 10.7 Å². The second-order valence-corrected chi connectivity index (χ2v) is 2.94. The fraction of sp³-hybridized carbons (Fsp3) is 0.167. The van der Waals surface area contributed by atoms with Gasteiger partial charge in [-0.2, -0.15) is 0 Å². The molecule has 1 aromatic rings. The van der Waals surface area contributed by atoms with Gasteiger partial charge in [-0.1, -0.05) is 6.58 Å². The van der Waals surface area contributed by atoms with Crippen molar-refractivity contribution in [1.29, 1.82) is 0 Å². The standard InChI is InChI=1S/C6H8N2S2/c1-3(2)4-5(9)8-6(10)7-4/h9H,1H2,2H3,(H2,7,8,10). The Morgan fingerprint density at radius 3 is 2.40 bits per heavy atom. The molecule has 2 N–H and O–H groups in total. The summed E-state index contributed by atoms with van der Waals surface area (Å²) in [6.07, 6.45) is 0. The minimum absolute atomic E-state index is 0.586. The van der Waals surface area contributed by atoms with E-state index in [2.05, 4.69) is 29.2 Å². The van der Waals surface area contributed by atoms with E-state index < -0.39 is 0 Å². The van der Waals surface area contributed by atoms with Gasteiger partial charge in [-0.3, -0.25) is 0 Å². The monoisotopic (exact) mass is 172 g/mol. The maximum atomic E-state index is 4.84. The van der Waals surface area contributed by atoms with Gasteiger partial charge in [-0.05, 0) is 24.7 Å². The van der Waals surface area contributed by atoms with Crippen molar-refractivity contribution in [2.24, 2.45) is 0 Å². The Balaban J connectivity index is 3.28. The normalized spacial score (nSPS) is 9.80. The van der Waals surface area contributed by atoms with Gasteiger partial charge in [0.15, 0.2) is 4.77 Å². The van der Waals surface area contributed by atoms with E-state index in [0.29, 0.717) is 4.77 Å². The molecule has 1 rings (SSSR count). The van der Waals surface area contributed by atoms with E-state index in [1.165, 1.54) is 0 Å². The summed E-state index contributed by atoms with van der Waals surface area (Å²) >= 11 is 8.98. The molecular weight excluding hydrogens is 164 g/mol. The topological polar surface area (TPSA) is 31.6 Å². The van der Waals surface area contributed by atoms with Crippen molar-refractivity contribution in [1.82, 2.24) is 9.97 Å². The Labute approximate surface area is 69.8 Å². The number of thiol groups is 1. The van der Waals surface area contributed by atoms with Crippen molar-refractivity contribution in [2.75, 3.05) is 0 Å². The Morgan fingerprint density at radius 1 is 1.60 bits per heavy atom. The number of hydrogen-bond donors (Lipinski definition) is 3. The van der Waals surface area contributed by atoms with Crippen LogP contribution in [0.4, 0.5) is 0 Å². The van der Waals surface area contributed by atoms with Gasteiger partial charge < -0.3 is 9.97 Å². The summed E-state index contributed by atoms with van der Waals surface area (Å²) < 4.78 is 0.586. The summed E-state index contributed by atoms with van der Waals surface area (Å²) in [5, 5.41) is 0.748. The van der Waals surface area contributed by atoms with Crippen LogP contribution in [-0.4, -0.2) is 9.97 Å². The highest BCUT2D eigenvalue weighted by molar-refractivity contribution is 7.80. The van der Waals surface area contributed by atoms with Crippen molar-refractivity contribution >= 4 is 30.4 Å². The number of H-pyrrole nitrogens is 2. The number of allylic oxidation sites excluding steroid dienone is 1. The molecule has 0 aliphatic rings. The van der Waals surface area contributed by atoms with Crippen molar-refractivity contribution in [3.63, 3.8) is 0 Å². The first-order valence-electron chi connectivity index (χ1n) is 2.78. The van der Waals surface area contributed by atoms with Crippen LogP contribution in [0.3, 0.4) is 0 Å². The maximum Gasteiger partial charge on any atom is 0.175 e. The first-order chi connectivity index (χ1) is 4.61. The highest BCUT2D eigenvalue weighted by atomic mass is 32.1. The molecule has 0 amide bonds. The van der Waals surface area contributed by atoms with E-state index in [1.807, 2.05) is 6.92 Å². The fourth-order valence-electron chi connectivity index (χ4n) is 0.683. The zero-order valence-electron chi connectivity index (χ0n) is 5.56. The molecule has 0 aliphatic carbocycles. The SMILES string of the molecule is C=C(C)c1[nH]c(=S)[nH]c1S. The quantitative estimate of drug-likeness (QED) is 0.441. The molecule has 0 bridgehead atoms. The summed E-state index contributed by atoms with van der Waals surface area (Å²) in [6, 6.07) is 0. The van der Waals surface area contributed by atoms with Crippen LogP contribution in [0.25, 0.3) is 5.57 Å². The molecule has 1 aromatic heterocycles. The molecule has 4 heteroatoms. The van der Waals surface area contributed by atoms with Gasteiger partial charge >= 0.3 is 0 Å². The van der Waals surface area contributed by atoms with Gasteiger partial charge in [-0.25, -0.2) is 0 Å². The summed E-state index contributed by atoms with van der Waals surface area (Å²) in [6.45, 7) is 5.65. The Bertz CT molecular complexity index is 308. The third-order valence-electron chi connectivity index (χ3n) is 1.13. The van der Waals surface area contributed by atoms with E-state index in [9.17, 15) is 0 Å². The lowest BCUT2D eigenvalue weighted by molar-refractivity contribution is 1.18. The number of aromatic nitrogens is 2. The summed E-state index contributed by atoms with van der Waals surface area (Å²) in [4.78, 5) is 5.78. The molecule has 0 saturated carbocycles. The fourth-order valence-corrected chi connectivity index (χ4v) is 1.32. The third-order valence-corrected chi connectivity index (χ3v) is 1.67. The van der Waals surface area contributed by atoms with Crippen molar-refractivity contribution < 1.29 is 0 Å². The van der Waals surface area contributed by atoms with Gasteiger partial charge in [0, 0.05) is 0 Å². The highest BCUT2D eigenvalue weighted by Gasteiger charge is 2.00. The predicted molar refractivity (Wildman–Crippen MR) is 47.9 cm³/mol. The Hall–Kier alpha value is -0.480. The van der Waals surface area contributed by atoms with Crippen LogP contribution >= 0.6 is 24.8 Å². The van der Waals surface area contributed by atoms with Crippen LogP contribution in [-0.2, 0) is 0 Å². The maximum absolute atomic E-state index is 4.84. The molecule has 10 heavy (non-hydrogen) atoms. The van der Waals surface area contributed by atoms with Crippen LogP contribution < -0.4 is 0 Å². The van der Waals surface area contributed by atoms with Gasteiger partial charge in [0.25, 0.3) is 0 Å². The molecule has 0 aliphatic heterocycles. The molecule has 0 atom stereocenters. The lowest BCUT2D eigenvalue weighted by Gasteiger charge is -1.92. The lowest BCUT2D eigenvalue weighted by Crippen LogP contribution is -1.77. The molecule has 0 radical (unpaired) electrons. The van der Waals surface area contributed by atoms with Crippen molar-refractivity contribution in [3.05, 3.63) is 17.0 Å². The number of hydrogen-bond acceptors (Lipinski definition) is 2. The average Bonchev–Trinajstić information content (AvgIpc) is 2.10. The van der Waals surface area contributed by atoms with Crippen molar-refractivity contribution in [3.8, 4) is 0 Å². The molecule has 2 nitrogen and oxygen atoms in total. The predicted octanol–water partition coefficient (Wildman–Crippen LogP) is 2.39. The van der Waals surface area contributed by atoms with E-state index in [1.54, 1.807) is 0 Å². The Morgan fingerprint density at radius 2 is 2.20 bits per heavy atom. The van der Waals surface area contributed by atoms with E-state index in [4.69, 9.17) is 12.2 Å². The smallest absolute Gasteiger partial charge is 0.175 e. The minimum Gasteiger partial charge on any atom is -0.330 e. The highest BCUT2D eigenvalue weighted by Crippen LogP contribution is 2.15. The summed E-state index contributed by atoms with van der Waals surface area (Å²) in [5.41, 5.74) is 1.81. The molecule has 0 unspecified atom stereocenters. The van der Waals surface area contributed by atoms with Gasteiger partial charge in [-0.15, -0.1) is 12.6 Å². The number of aromatic amines is 2. The molecular formula is C6H8N2S2. The van der Waals surface area contributed by atoms with Crippen LogP contribution in [0.1, 0.15) is 12.6 Å². The zero-order valence-corrected chi connectivity index (χ0v) is 7.27. The largest absolute Gasteiger partial charge is 0.330 e. The minimum atomic E-state index is 0.586. The molecule has 54 valence electrons. The van der Waals surface area contributed by atoms with Gasteiger partial charge in [0.1, 0.15) is 0 Å². The van der Waals surface area contributed by atoms with Crippen LogP contribution in [0.15, 0.2) is 11.6 Å². The first-order valence-corrected chi connectivity index (χ1v) is 3.64. The molecule has 0 saturated heterocycles. The van der Waals surface area contributed by atoms with Crippen LogP contribution in [0, 0.1) is 4.77 Å². The molecule has 1 heterocycles. The van der Waals surface area contributed by atoms with Crippen LogP contribution in [0.2, 0.25) is 0 Å². The summed E-state index contributed by atoms with van der Waals surface area (Å²) in [5.74, 6) is 0.